The molecule has 0 unspecified atom stereocenters. The monoisotopic (exact) mass is 386 g/mol. The number of thiophene rings is 1. The van der Waals surface area contributed by atoms with Crippen LogP contribution < -0.4 is 10.6 Å². The van der Waals surface area contributed by atoms with Crippen molar-refractivity contribution in [2.24, 2.45) is 7.05 Å². The van der Waals surface area contributed by atoms with Crippen molar-refractivity contribution in [1.82, 2.24) is 14.9 Å². The number of aromatic nitrogens is 2. The molecule has 2 amide bonds. The third kappa shape index (κ3) is 4.74. The normalized spacial score (nSPS) is 10.5. The number of hydrogen-bond donors (Lipinski definition) is 2. The third-order valence-corrected chi connectivity index (χ3v) is 5.45. The summed E-state index contributed by atoms with van der Waals surface area (Å²) in [5.41, 5.74) is 1.11. The maximum Gasteiger partial charge on any atom is 0.265 e. The smallest absolute Gasteiger partial charge is 0.265 e. The topological polar surface area (TPSA) is 76.0 Å². The minimum Gasteiger partial charge on any atom is -0.351 e. The number of nitrogens with one attached hydrogen (secondary N) is 2. The molecule has 134 valence electrons. The van der Waals surface area contributed by atoms with Gasteiger partial charge in [-0.3, -0.25) is 9.59 Å². The summed E-state index contributed by atoms with van der Waals surface area (Å²) < 4.78 is 1.94. The molecular weight excluding hydrogens is 368 g/mol. The van der Waals surface area contributed by atoms with E-state index in [0.29, 0.717) is 22.7 Å². The maximum absolute atomic E-state index is 12.3. The van der Waals surface area contributed by atoms with Gasteiger partial charge in [0.2, 0.25) is 0 Å². The molecule has 8 heteroatoms. The molecule has 2 heterocycles. The molecule has 26 heavy (non-hydrogen) atoms. The number of carbonyl (C=O) groups excluding carboxylic acids is 2. The summed E-state index contributed by atoms with van der Waals surface area (Å²) in [7, 11) is 1.93. The van der Waals surface area contributed by atoms with Gasteiger partial charge in [-0.15, -0.1) is 11.3 Å². The highest BCUT2D eigenvalue weighted by Gasteiger charge is 2.10. The first-order chi connectivity index (χ1) is 12.6. The Morgan fingerprint density at radius 3 is 2.85 bits per heavy atom. The maximum atomic E-state index is 12.3. The highest BCUT2D eigenvalue weighted by Crippen LogP contribution is 2.16. The molecule has 3 aromatic rings. The molecule has 0 aliphatic rings. The minimum atomic E-state index is -0.177. The molecule has 2 N–H and O–H groups in total. The van der Waals surface area contributed by atoms with Crippen molar-refractivity contribution in [1.29, 1.82) is 0 Å². The van der Waals surface area contributed by atoms with Crippen LogP contribution >= 0.6 is 23.1 Å². The van der Waals surface area contributed by atoms with Gasteiger partial charge in [-0.1, -0.05) is 23.9 Å². The van der Waals surface area contributed by atoms with E-state index in [0.717, 1.165) is 10.9 Å². The number of nitrogens with zero attached hydrogens (tertiary/aromatic N) is 2. The highest BCUT2D eigenvalue weighted by atomic mass is 32.2. The summed E-state index contributed by atoms with van der Waals surface area (Å²) in [4.78, 5) is 29.2. The van der Waals surface area contributed by atoms with E-state index in [1.54, 1.807) is 48.3 Å². The Morgan fingerprint density at radius 1 is 1.23 bits per heavy atom. The van der Waals surface area contributed by atoms with Gasteiger partial charge in [0.15, 0.2) is 5.16 Å². The number of benzene rings is 1. The zero-order chi connectivity index (χ0) is 18.4. The van der Waals surface area contributed by atoms with Crippen molar-refractivity contribution in [3.05, 3.63) is 64.6 Å². The lowest BCUT2D eigenvalue weighted by Gasteiger charge is -2.08. The van der Waals surface area contributed by atoms with Gasteiger partial charge in [-0.2, -0.15) is 0 Å². The first-order valence-electron chi connectivity index (χ1n) is 7.97. The van der Waals surface area contributed by atoms with Crippen LogP contribution in [0, 0.1) is 0 Å². The number of carbonyl (C=O) groups is 2. The van der Waals surface area contributed by atoms with E-state index in [4.69, 9.17) is 0 Å². The van der Waals surface area contributed by atoms with Gasteiger partial charge in [0, 0.05) is 43.0 Å². The van der Waals surface area contributed by atoms with Crippen LogP contribution in [0.5, 0.6) is 0 Å². The summed E-state index contributed by atoms with van der Waals surface area (Å²) in [6, 6.07) is 10.5. The average Bonchev–Trinajstić information content (AvgIpc) is 3.31. The molecule has 0 bridgehead atoms. The lowest BCUT2D eigenvalue weighted by molar-refractivity contribution is 0.0954. The molecule has 3 rings (SSSR count). The van der Waals surface area contributed by atoms with Gasteiger partial charge in [0.1, 0.15) is 0 Å². The van der Waals surface area contributed by atoms with Crippen LogP contribution in [0.3, 0.4) is 0 Å². The van der Waals surface area contributed by atoms with Crippen molar-refractivity contribution in [3.63, 3.8) is 0 Å². The van der Waals surface area contributed by atoms with Crippen molar-refractivity contribution < 1.29 is 9.59 Å². The van der Waals surface area contributed by atoms with Crippen molar-refractivity contribution >= 4 is 40.6 Å². The molecule has 0 fully saturated rings. The van der Waals surface area contributed by atoms with E-state index >= 15 is 0 Å². The Morgan fingerprint density at radius 2 is 2.12 bits per heavy atom. The first-order valence-corrected chi connectivity index (χ1v) is 9.83. The zero-order valence-electron chi connectivity index (χ0n) is 14.1. The summed E-state index contributed by atoms with van der Waals surface area (Å²) in [5, 5.41) is 8.45. The molecule has 0 aliphatic heterocycles. The standard InChI is InChI=1S/C18H18N4O2S2/c1-22-9-7-20-18(22)26-11-8-19-16(23)13-4-2-5-14(12-13)21-17(24)15-6-3-10-25-15/h2-7,9-10,12H,8,11H2,1H3,(H,19,23)(H,21,24). The fourth-order valence-corrected chi connectivity index (χ4v) is 3.64. The van der Waals surface area contributed by atoms with Crippen LogP contribution in [0.25, 0.3) is 0 Å². The van der Waals surface area contributed by atoms with E-state index in [1.807, 2.05) is 29.3 Å². The second kappa shape index (κ2) is 8.68. The predicted octanol–water partition coefficient (Wildman–Crippen LogP) is 3.26. The van der Waals surface area contributed by atoms with Crippen LogP contribution in [0.15, 0.2) is 59.3 Å². The molecule has 1 aromatic carbocycles. The SMILES string of the molecule is Cn1ccnc1SCCNC(=O)c1cccc(NC(=O)c2cccs2)c1. The summed E-state index contributed by atoms with van der Waals surface area (Å²) >= 11 is 2.96. The molecule has 6 nitrogen and oxygen atoms in total. The van der Waals surface area contributed by atoms with Gasteiger partial charge < -0.3 is 15.2 Å². The second-order valence-electron chi connectivity index (χ2n) is 5.44. The lowest BCUT2D eigenvalue weighted by atomic mass is 10.2. The summed E-state index contributed by atoms with van der Waals surface area (Å²) in [6.45, 7) is 0.530. The molecule has 0 atom stereocenters. The Kier molecular flexibility index (Phi) is 6.08. The first kappa shape index (κ1) is 18.2. The van der Waals surface area contributed by atoms with Crippen LogP contribution in [0.1, 0.15) is 20.0 Å². The molecular formula is C18H18N4O2S2. The third-order valence-electron chi connectivity index (χ3n) is 3.52. The van der Waals surface area contributed by atoms with Crippen LogP contribution in [0.2, 0.25) is 0 Å². The molecule has 2 aromatic heterocycles. The Labute approximate surface area is 159 Å². The van der Waals surface area contributed by atoms with E-state index in [-0.39, 0.29) is 11.8 Å². The number of anilines is 1. The zero-order valence-corrected chi connectivity index (χ0v) is 15.8. The van der Waals surface area contributed by atoms with Gasteiger partial charge in [0.05, 0.1) is 4.88 Å². The lowest BCUT2D eigenvalue weighted by Crippen LogP contribution is -2.26. The van der Waals surface area contributed by atoms with Gasteiger partial charge in [0.25, 0.3) is 11.8 Å². The Hall–Kier alpha value is -2.58. The quantitative estimate of drug-likeness (QED) is 0.483. The average molecular weight is 387 g/mol. The molecule has 0 spiro atoms. The number of amides is 2. The minimum absolute atomic E-state index is 0.169. The van der Waals surface area contributed by atoms with E-state index in [2.05, 4.69) is 15.6 Å². The van der Waals surface area contributed by atoms with Crippen LogP contribution in [-0.2, 0) is 7.05 Å². The van der Waals surface area contributed by atoms with E-state index in [9.17, 15) is 9.59 Å². The van der Waals surface area contributed by atoms with Crippen LogP contribution in [-0.4, -0.2) is 33.7 Å². The Balaban J connectivity index is 1.51. The van der Waals surface area contributed by atoms with E-state index < -0.39 is 0 Å². The second-order valence-corrected chi connectivity index (χ2v) is 7.45. The van der Waals surface area contributed by atoms with E-state index in [1.165, 1.54) is 11.3 Å². The summed E-state index contributed by atoms with van der Waals surface area (Å²) in [6.07, 6.45) is 3.63. The predicted molar refractivity (Wildman–Crippen MR) is 105 cm³/mol. The van der Waals surface area contributed by atoms with Gasteiger partial charge in [-0.05, 0) is 29.6 Å². The summed E-state index contributed by atoms with van der Waals surface area (Å²) in [5.74, 6) is 0.382. The number of imidazole rings is 1. The van der Waals surface area contributed by atoms with Crippen molar-refractivity contribution in [2.75, 3.05) is 17.6 Å². The fraction of sp³-hybridized carbons (Fsp3) is 0.167. The molecule has 0 saturated carbocycles. The van der Waals surface area contributed by atoms with Gasteiger partial charge >= 0.3 is 0 Å². The van der Waals surface area contributed by atoms with Crippen molar-refractivity contribution in [3.8, 4) is 0 Å². The van der Waals surface area contributed by atoms with Gasteiger partial charge in [-0.25, -0.2) is 4.98 Å². The number of rotatable bonds is 7. The van der Waals surface area contributed by atoms with Crippen LogP contribution in [0.4, 0.5) is 5.69 Å². The Bertz CT molecular complexity index is 890. The highest BCUT2D eigenvalue weighted by molar-refractivity contribution is 7.99. The number of thioether (sulfide) groups is 1. The molecule has 0 radical (unpaired) electrons. The number of aryl methyl sites for hydroxylation is 1. The number of hydrogen-bond acceptors (Lipinski definition) is 5. The largest absolute Gasteiger partial charge is 0.351 e. The fourth-order valence-electron chi connectivity index (χ4n) is 2.24. The molecule has 0 saturated heterocycles. The molecule has 0 aliphatic carbocycles. The van der Waals surface area contributed by atoms with Crippen molar-refractivity contribution in [2.45, 2.75) is 5.16 Å².